The van der Waals surface area contributed by atoms with Gasteiger partial charge in [0.25, 0.3) is 5.91 Å². The van der Waals surface area contributed by atoms with Gasteiger partial charge < -0.3 is 15.5 Å². The number of nitrogens with one attached hydrogen (secondary N) is 2. The molecule has 8 heteroatoms. The second-order valence-electron chi connectivity index (χ2n) is 6.09. The third kappa shape index (κ3) is 5.79. The topological polar surface area (TPSA) is 91.4 Å². The number of aromatic nitrogens is 1. The highest BCUT2D eigenvalue weighted by atomic mass is 35.5. The fourth-order valence-corrected chi connectivity index (χ4v) is 2.45. The average molecular weight is 389 g/mol. The quantitative estimate of drug-likeness (QED) is 0.793. The van der Waals surface area contributed by atoms with Crippen LogP contribution in [0.4, 0.5) is 5.69 Å². The van der Waals surface area contributed by atoms with Crippen molar-refractivity contribution >= 4 is 35.0 Å². The summed E-state index contributed by atoms with van der Waals surface area (Å²) in [6.07, 6.45) is 1.41. The predicted molar refractivity (Wildman–Crippen MR) is 104 cm³/mol. The summed E-state index contributed by atoms with van der Waals surface area (Å²) in [7, 11) is 1.49. The molecule has 0 aliphatic rings. The number of nitrogens with zero attached hydrogens (tertiary/aromatic N) is 2. The van der Waals surface area contributed by atoms with Crippen LogP contribution < -0.4 is 10.6 Å². The lowest BCUT2D eigenvalue weighted by Crippen LogP contribution is -2.41. The lowest BCUT2D eigenvalue weighted by atomic mass is 10.1. The first-order valence-corrected chi connectivity index (χ1v) is 8.65. The van der Waals surface area contributed by atoms with E-state index in [1.54, 1.807) is 12.1 Å². The number of carbonyl (C=O) groups is 3. The normalized spacial score (nSPS) is 10.2. The van der Waals surface area contributed by atoms with Crippen molar-refractivity contribution < 1.29 is 14.4 Å². The monoisotopic (exact) mass is 388 g/mol. The lowest BCUT2D eigenvalue weighted by molar-refractivity contribution is -0.132. The van der Waals surface area contributed by atoms with Crippen molar-refractivity contribution in [2.75, 3.05) is 25.5 Å². The van der Waals surface area contributed by atoms with E-state index in [0.717, 1.165) is 11.1 Å². The Bertz CT molecular complexity index is 870. The van der Waals surface area contributed by atoms with E-state index >= 15 is 0 Å². The maximum absolute atomic E-state index is 12.2. The van der Waals surface area contributed by atoms with E-state index in [1.165, 1.54) is 24.2 Å². The Labute approximate surface area is 162 Å². The van der Waals surface area contributed by atoms with Crippen LogP contribution in [-0.2, 0) is 9.59 Å². The van der Waals surface area contributed by atoms with Gasteiger partial charge in [-0.15, -0.1) is 0 Å². The molecule has 0 atom stereocenters. The molecule has 1 heterocycles. The number of pyridine rings is 1. The van der Waals surface area contributed by atoms with Crippen molar-refractivity contribution in [3.05, 3.63) is 58.4 Å². The molecule has 0 bridgehead atoms. The molecule has 0 aliphatic heterocycles. The second kappa shape index (κ2) is 9.14. The second-order valence-corrected chi connectivity index (χ2v) is 6.52. The Hall–Kier alpha value is -2.93. The zero-order chi connectivity index (χ0) is 20.0. The van der Waals surface area contributed by atoms with Crippen LogP contribution in [0.5, 0.6) is 0 Å². The van der Waals surface area contributed by atoms with Gasteiger partial charge in [0.15, 0.2) is 0 Å². The van der Waals surface area contributed by atoms with Crippen molar-refractivity contribution in [2.24, 2.45) is 0 Å². The highest BCUT2D eigenvalue weighted by molar-refractivity contribution is 6.30. The van der Waals surface area contributed by atoms with E-state index in [9.17, 15) is 14.4 Å². The van der Waals surface area contributed by atoms with E-state index in [0.29, 0.717) is 10.7 Å². The Kier molecular flexibility index (Phi) is 6.90. The minimum absolute atomic E-state index is 0.116. The summed E-state index contributed by atoms with van der Waals surface area (Å²) < 4.78 is 0. The fourth-order valence-electron chi connectivity index (χ4n) is 2.29. The summed E-state index contributed by atoms with van der Waals surface area (Å²) in [6, 6.07) is 8.57. The Morgan fingerprint density at radius 3 is 2.63 bits per heavy atom. The molecule has 3 amide bonds. The molecule has 2 N–H and O–H groups in total. The molecule has 0 aliphatic carbocycles. The number of benzene rings is 1. The van der Waals surface area contributed by atoms with Gasteiger partial charge in [0.05, 0.1) is 13.1 Å². The van der Waals surface area contributed by atoms with E-state index in [1.807, 2.05) is 26.0 Å². The van der Waals surface area contributed by atoms with Crippen LogP contribution in [0.15, 0.2) is 36.5 Å². The molecule has 2 aromatic rings. The molecule has 0 saturated heterocycles. The SMILES string of the molecule is Cc1cccc(NC(=O)CN(C)C(=O)CNC(=O)c2cc(Cl)ccn2)c1C. The Morgan fingerprint density at radius 2 is 1.93 bits per heavy atom. The van der Waals surface area contributed by atoms with Crippen LogP contribution >= 0.6 is 11.6 Å². The largest absolute Gasteiger partial charge is 0.342 e. The molecule has 0 saturated carbocycles. The molecule has 0 spiro atoms. The van der Waals surface area contributed by atoms with Gasteiger partial charge in [-0.25, -0.2) is 0 Å². The predicted octanol–water partition coefficient (Wildman–Crippen LogP) is 2.18. The molecule has 1 aromatic heterocycles. The number of rotatable bonds is 6. The van der Waals surface area contributed by atoms with Gasteiger partial charge in [0.1, 0.15) is 5.69 Å². The molecular weight excluding hydrogens is 368 g/mol. The van der Waals surface area contributed by atoms with E-state index < -0.39 is 11.8 Å². The number of aryl methyl sites for hydroxylation is 1. The molecule has 1 aromatic carbocycles. The first kappa shape index (κ1) is 20.4. The van der Waals surface area contributed by atoms with Crippen LogP contribution in [0, 0.1) is 13.8 Å². The van der Waals surface area contributed by atoms with Gasteiger partial charge in [-0.2, -0.15) is 0 Å². The first-order chi connectivity index (χ1) is 12.8. The number of hydrogen-bond donors (Lipinski definition) is 2. The number of anilines is 1. The smallest absolute Gasteiger partial charge is 0.270 e. The summed E-state index contributed by atoms with van der Waals surface area (Å²) in [5.41, 5.74) is 2.86. The van der Waals surface area contributed by atoms with Crippen LogP contribution in [0.25, 0.3) is 0 Å². The molecule has 0 fully saturated rings. The van der Waals surface area contributed by atoms with E-state index in [4.69, 9.17) is 11.6 Å². The first-order valence-electron chi connectivity index (χ1n) is 8.27. The van der Waals surface area contributed by atoms with Gasteiger partial charge >= 0.3 is 0 Å². The highest BCUT2D eigenvalue weighted by Crippen LogP contribution is 2.17. The third-order valence-corrected chi connectivity index (χ3v) is 4.28. The molecule has 27 heavy (non-hydrogen) atoms. The number of likely N-dealkylation sites (N-methyl/N-ethyl adjacent to an activating group) is 1. The number of hydrogen-bond acceptors (Lipinski definition) is 4. The summed E-state index contributed by atoms with van der Waals surface area (Å²) in [4.78, 5) is 41.4. The highest BCUT2D eigenvalue weighted by Gasteiger charge is 2.16. The maximum atomic E-state index is 12.2. The zero-order valence-electron chi connectivity index (χ0n) is 15.4. The van der Waals surface area contributed by atoms with Gasteiger partial charge in [0, 0.05) is 24.0 Å². The van der Waals surface area contributed by atoms with Crippen molar-refractivity contribution in [3.8, 4) is 0 Å². The van der Waals surface area contributed by atoms with Crippen molar-refractivity contribution in [3.63, 3.8) is 0 Å². The average Bonchev–Trinajstić information content (AvgIpc) is 2.63. The number of amides is 3. The number of carbonyl (C=O) groups excluding carboxylic acids is 3. The van der Waals surface area contributed by atoms with Crippen molar-refractivity contribution in [1.82, 2.24) is 15.2 Å². The zero-order valence-corrected chi connectivity index (χ0v) is 16.1. The molecule has 2 rings (SSSR count). The van der Waals surface area contributed by atoms with E-state index in [2.05, 4.69) is 15.6 Å². The fraction of sp³-hybridized carbons (Fsp3) is 0.263. The summed E-state index contributed by atoms with van der Waals surface area (Å²) >= 11 is 5.81. The van der Waals surface area contributed by atoms with Crippen LogP contribution in [0.2, 0.25) is 5.02 Å². The minimum Gasteiger partial charge on any atom is -0.342 e. The van der Waals surface area contributed by atoms with Crippen LogP contribution in [0.3, 0.4) is 0 Å². The lowest BCUT2D eigenvalue weighted by Gasteiger charge is -2.18. The Balaban J connectivity index is 1.85. The van der Waals surface area contributed by atoms with Crippen LogP contribution in [0.1, 0.15) is 21.6 Å². The molecule has 7 nitrogen and oxygen atoms in total. The summed E-state index contributed by atoms with van der Waals surface area (Å²) in [5, 5.41) is 5.63. The maximum Gasteiger partial charge on any atom is 0.270 e. The standard InChI is InChI=1S/C19H21ClN4O3/c1-12-5-4-6-15(13(12)2)23-17(25)11-24(3)18(26)10-22-19(27)16-9-14(20)7-8-21-16/h4-9H,10-11H2,1-3H3,(H,22,27)(H,23,25). The molecule has 0 radical (unpaired) electrons. The van der Waals surface area contributed by atoms with Crippen LogP contribution in [-0.4, -0.2) is 47.7 Å². The third-order valence-electron chi connectivity index (χ3n) is 4.04. The van der Waals surface area contributed by atoms with Gasteiger partial charge in [-0.05, 0) is 43.2 Å². The molecule has 142 valence electrons. The molecule has 0 unspecified atom stereocenters. The van der Waals surface area contributed by atoms with Gasteiger partial charge in [0.2, 0.25) is 11.8 Å². The van der Waals surface area contributed by atoms with Crippen molar-refractivity contribution in [1.29, 1.82) is 0 Å². The van der Waals surface area contributed by atoms with Gasteiger partial charge in [-0.3, -0.25) is 19.4 Å². The summed E-state index contributed by atoms with van der Waals surface area (Å²) in [5.74, 6) is -1.23. The van der Waals surface area contributed by atoms with E-state index in [-0.39, 0.29) is 24.7 Å². The van der Waals surface area contributed by atoms with Gasteiger partial charge in [-0.1, -0.05) is 23.7 Å². The summed E-state index contributed by atoms with van der Waals surface area (Å²) in [6.45, 7) is 3.50. The molecular formula is C19H21ClN4O3. The van der Waals surface area contributed by atoms with Crippen molar-refractivity contribution in [2.45, 2.75) is 13.8 Å². The minimum atomic E-state index is -0.515. The Morgan fingerprint density at radius 1 is 1.19 bits per heavy atom. The number of halogens is 1.